The first-order chi connectivity index (χ1) is 14.3. The van der Waals surface area contributed by atoms with Crippen LogP contribution in [-0.2, 0) is 22.9 Å². The third-order valence-corrected chi connectivity index (χ3v) is 21.9. The van der Waals surface area contributed by atoms with E-state index in [-0.39, 0.29) is 30.2 Å². The molecule has 0 nitrogen and oxygen atoms in total. The van der Waals surface area contributed by atoms with E-state index in [0.29, 0.717) is 0 Å². The van der Waals surface area contributed by atoms with Crippen molar-refractivity contribution in [1.29, 1.82) is 0 Å². The minimum atomic E-state index is -1.25. The Hall–Kier alpha value is -0.413. The SMILES string of the molecule is CC[Si]1(C2c3ccccc3-c3ccc[c]([Hf+2][C]4=C(C)C(C)=C(C)C4(C)C)c32)CCC1.[Cl-].[Cl-]. The summed E-state index contributed by atoms with van der Waals surface area (Å²) in [5, 5.41) is 0. The second-order valence-corrected chi connectivity index (χ2v) is 20.0. The quantitative estimate of drug-likeness (QED) is 0.443. The maximum absolute atomic E-state index is 2.54. The molecule has 1 aliphatic heterocycles. The zero-order valence-corrected chi connectivity index (χ0v) is 26.3. The monoisotopic (exact) mass is 648 g/mol. The molecule has 4 heteroatoms. The molecule has 0 saturated carbocycles. The van der Waals surface area contributed by atoms with Crippen LogP contribution in [0.1, 0.15) is 64.6 Å². The summed E-state index contributed by atoms with van der Waals surface area (Å²) in [5.41, 5.74) is 12.4. The first-order valence-corrected chi connectivity index (χ1v) is 18.0. The molecule has 1 atom stereocenters. The molecule has 168 valence electrons. The first kappa shape index (κ1) is 26.2. The molecule has 1 fully saturated rings. The molecule has 1 heterocycles. The Kier molecular flexibility index (Phi) is 7.63. The first-order valence-electron chi connectivity index (χ1n) is 11.7. The summed E-state index contributed by atoms with van der Waals surface area (Å²) in [6, 6.07) is 21.3. The predicted octanol–water partition coefficient (Wildman–Crippen LogP) is 1.58. The molecule has 0 amide bonds. The Morgan fingerprint density at radius 3 is 2.12 bits per heavy atom. The van der Waals surface area contributed by atoms with E-state index in [4.69, 9.17) is 0 Å². The van der Waals surface area contributed by atoms with Gasteiger partial charge in [0, 0.05) is 0 Å². The predicted molar refractivity (Wildman–Crippen MR) is 129 cm³/mol. The summed E-state index contributed by atoms with van der Waals surface area (Å²) >= 11 is -1.15. The molecular formula is C28H34Cl2HfSi. The number of benzene rings is 2. The van der Waals surface area contributed by atoms with Crippen molar-refractivity contribution in [2.45, 2.75) is 71.6 Å². The van der Waals surface area contributed by atoms with Gasteiger partial charge in [-0.1, -0.05) is 0 Å². The average Bonchev–Trinajstić information content (AvgIpc) is 3.11. The standard InChI is InChI=1S/C18H19Si.C10H15.2ClH.Hf/c1-2-19(12-7-13-19)18-16-10-5-3-8-14(16)15-9-4-6-11-17(15)18;1-7-6-10(4,5)9(3)8(7)2;;;/h3-6,8-10,18H,2,7,12-13H2,1H3;1-5H3;2*1H;/q;;;;+2/p-2. The number of rotatable bonds is 4. The molecular weight excluding hydrogens is 614 g/mol. The van der Waals surface area contributed by atoms with Crippen molar-refractivity contribution < 1.29 is 47.7 Å². The van der Waals surface area contributed by atoms with Crippen molar-refractivity contribution in [3.05, 3.63) is 73.6 Å². The van der Waals surface area contributed by atoms with E-state index in [1.165, 1.54) is 24.6 Å². The smallest absolute Gasteiger partial charge is 1.00 e. The molecule has 0 bridgehead atoms. The summed E-state index contributed by atoms with van der Waals surface area (Å²) in [6.45, 7) is 14.6. The van der Waals surface area contributed by atoms with Gasteiger partial charge < -0.3 is 24.8 Å². The van der Waals surface area contributed by atoms with E-state index in [1.807, 2.05) is 3.33 Å². The van der Waals surface area contributed by atoms with Crippen molar-refractivity contribution in [3.8, 4) is 11.1 Å². The third-order valence-electron chi connectivity index (χ3n) is 8.94. The van der Waals surface area contributed by atoms with Crippen LogP contribution < -0.4 is 28.1 Å². The Labute approximate surface area is 219 Å². The molecule has 0 radical (unpaired) electrons. The van der Waals surface area contributed by atoms with Crippen LogP contribution in [0.2, 0.25) is 18.1 Å². The zero-order chi connectivity index (χ0) is 21.3. The Morgan fingerprint density at radius 2 is 1.56 bits per heavy atom. The van der Waals surface area contributed by atoms with Crippen molar-refractivity contribution in [3.63, 3.8) is 0 Å². The van der Waals surface area contributed by atoms with Gasteiger partial charge in [-0.25, -0.2) is 0 Å². The largest absolute Gasteiger partial charge is 1.00 e. The normalized spacial score (nSPS) is 21.8. The van der Waals surface area contributed by atoms with E-state index in [2.05, 4.69) is 84.0 Å². The second-order valence-electron chi connectivity index (χ2n) is 10.4. The van der Waals surface area contributed by atoms with Gasteiger partial charge in [-0.05, 0) is 0 Å². The van der Waals surface area contributed by atoms with Gasteiger partial charge in [-0.2, -0.15) is 0 Å². The molecule has 2 aromatic rings. The molecule has 3 aliphatic rings. The van der Waals surface area contributed by atoms with Crippen LogP contribution in [-0.4, -0.2) is 8.07 Å². The fraction of sp³-hybridized carbons (Fsp3) is 0.429. The van der Waals surface area contributed by atoms with Crippen LogP contribution in [0.5, 0.6) is 0 Å². The van der Waals surface area contributed by atoms with Gasteiger partial charge in [-0.15, -0.1) is 0 Å². The summed E-state index contributed by atoms with van der Waals surface area (Å²) < 4.78 is 3.63. The topological polar surface area (TPSA) is 0 Å². The molecule has 32 heavy (non-hydrogen) atoms. The number of halogens is 2. The Morgan fingerprint density at radius 1 is 0.906 bits per heavy atom. The van der Waals surface area contributed by atoms with E-state index < -0.39 is 31.0 Å². The van der Waals surface area contributed by atoms with E-state index in [0.717, 1.165) is 5.54 Å². The molecule has 0 aromatic heterocycles. The van der Waals surface area contributed by atoms with Gasteiger partial charge in [0.15, 0.2) is 0 Å². The van der Waals surface area contributed by atoms with Gasteiger partial charge in [0.05, 0.1) is 0 Å². The van der Waals surface area contributed by atoms with Crippen LogP contribution in [0.25, 0.3) is 11.1 Å². The van der Waals surface area contributed by atoms with Crippen LogP contribution in [0.4, 0.5) is 0 Å². The van der Waals surface area contributed by atoms with Gasteiger partial charge >= 0.3 is 196 Å². The number of allylic oxidation sites excluding steroid dienone is 4. The van der Waals surface area contributed by atoms with Gasteiger partial charge in [0.25, 0.3) is 0 Å². The maximum Gasteiger partial charge on any atom is -1.00 e. The van der Waals surface area contributed by atoms with Gasteiger partial charge in [-0.3, -0.25) is 0 Å². The molecule has 0 spiro atoms. The van der Waals surface area contributed by atoms with Crippen molar-refractivity contribution in [2.24, 2.45) is 5.41 Å². The van der Waals surface area contributed by atoms with Crippen molar-refractivity contribution >= 4 is 11.4 Å². The fourth-order valence-electron chi connectivity index (χ4n) is 6.46. The third kappa shape index (κ3) is 3.63. The summed E-state index contributed by atoms with van der Waals surface area (Å²) in [7, 11) is -1.25. The van der Waals surface area contributed by atoms with Crippen molar-refractivity contribution in [1.82, 2.24) is 0 Å². The molecule has 0 N–H and O–H groups in total. The fourth-order valence-corrected chi connectivity index (χ4v) is 18.0. The van der Waals surface area contributed by atoms with Gasteiger partial charge in [0.2, 0.25) is 0 Å². The number of hydrogen-bond acceptors (Lipinski definition) is 0. The van der Waals surface area contributed by atoms with Crippen LogP contribution in [0.15, 0.2) is 62.5 Å². The van der Waals surface area contributed by atoms with Crippen LogP contribution >= 0.6 is 0 Å². The molecule has 2 aliphatic carbocycles. The van der Waals surface area contributed by atoms with Crippen molar-refractivity contribution in [2.75, 3.05) is 0 Å². The van der Waals surface area contributed by atoms with E-state index in [1.54, 1.807) is 42.3 Å². The van der Waals surface area contributed by atoms with E-state index >= 15 is 0 Å². The summed E-state index contributed by atoms with van der Waals surface area (Å²) in [6.07, 6.45) is 1.47. The summed E-state index contributed by atoms with van der Waals surface area (Å²) in [5.74, 6) is 0. The minimum Gasteiger partial charge on any atom is -1.00 e. The minimum absolute atomic E-state index is 0. The van der Waals surface area contributed by atoms with E-state index in [9.17, 15) is 0 Å². The molecule has 2 aromatic carbocycles. The average molecular weight is 648 g/mol. The molecule has 1 unspecified atom stereocenters. The van der Waals surface area contributed by atoms with Gasteiger partial charge in [0.1, 0.15) is 0 Å². The maximum atomic E-state index is 2.54. The Bertz CT molecular complexity index is 1100. The number of fused-ring (bicyclic) bond motifs is 3. The summed E-state index contributed by atoms with van der Waals surface area (Å²) in [4.78, 5) is 0. The second kappa shape index (κ2) is 9.32. The zero-order valence-electron chi connectivity index (χ0n) is 20.2. The molecule has 1 saturated heterocycles. The Balaban J connectivity index is 0.00000144. The number of hydrogen-bond donors (Lipinski definition) is 0. The van der Waals surface area contributed by atoms with Crippen LogP contribution in [0, 0.1) is 5.41 Å². The van der Waals surface area contributed by atoms with Crippen LogP contribution in [0.3, 0.4) is 0 Å². The molecule has 5 rings (SSSR count).